The highest BCUT2D eigenvalue weighted by Gasteiger charge is 2.40. The van der Waals surface area contributed by atoms with E-state index in [1.54, 1.807) is 0 Å². The Hall–Kier alpha value is -1.28. The molecule has 0 fully saturated rings. The van der Waals surface area contributed by atoms with E-state index < -0.39 is 5.79 Å². The standard InChI is InChI=1S/C16H22O2/c1-13-9-7-8-12-16(13,18-15(2,3)4)17-14-10-5-6-11-14/h5,7-11H,6,12H2,1-4H3. The summed E-state index contributed by atoms with van der Waals surface area (Å²) < 4.78 is 12.4. The zero-order valence-electron chi connectivity index (χ0n) is 11.7. The summed E-state index contributed by atoms with van der Waals surface area (Å²) in [7, 11) is 0. The van der Waals surface area contributed by atoms with Crippen molar-refractivity contribution < 1.29 is 9.47 Å². The molecule has 0 radical (unpaired) electrons. The van der Waals surface area contributed by atoms with Crippen LogP contribution in [0.1, 0.15) is 40.5 Å². The summed E-state index contributed by atoms with van der Waals surface area (Å²) in [5, 5.41) is 0. The molecule has 0 aliphatic heterocycles. The highest BCUT2D eigenvalue weighted by atomic mass is 16.7. The fourth-order valence-electron chi connectivity index (χ4n) is 2.19. The average molecular weight is 246 g/mol. The second-order valence-corrected chi connectivity index (χ2v) is 5.80. The minimum Gasteiger partial charge on any atom is -0.458 e. The van der Waals surface area contributed by atoms with Crippen LogP contribution in [0.5, 0.6) is 0 Å². The van der Waals surface area contributed by atoms with Gasteiger partial charge in [-0.05, 0) is 51.8 Å². The third-order valence-corrected chi connectivity index (χ3v) is 2.96. The molecule has 0 aromatic rings. The lowest BCUT2D eigenvalue weighted by Crippen LogP contribution is -2.43. The van der Waals surface area contributed by atoms with E-state index >= 15 is 0 Å². The Morgan fingerprint density at radius 1 is 1.22 bits per heavy atom. The number of allylic oxidation sites excluding steroid dienone is 5. The summed E-state index contributed by atoms with van der Waals surface area (Å²) in [5.41, 5.74) is 0.865. The second kappa shape index (κ2) is 4.77. The van der Waals surface area contributed by atoms with Gasteiger partial charge in [0, 0.05) is 6.42 Å². The quantitative estimate of drug-likeness (QED) is 0.692. The average Bonchev–Trinajstić information content (AvgIpc) is 2.73. The highest BCUT2D eigenvalue weighted by molar-refractivity contribution is 5.28. The summed E-state index contributed by atoms with van der Waals surface area (Å²) in [4.78, 5) is 0. The van der Waals surface area contributed by atoms with Gasteiger partial charge in [-0.3, -0.25) is 0 Å². The molecule has 0 spiro atoms. The highest BCUT2D eigenvalue weighted by Crippen LogP contribution is 2.37. The lowest BCUT2D eigenvalue weighted by molar-refractivity contribution is -0.235. The third-order valence-electron chi connectivity index (χ3n) is 2.96. The van der Waals surface area contributed by atoms with Crippen LogP contribution in [0.4, 0.5) is 0 Å². The Morgan fingerprint density at radius 2 is 2.00 bits per heavy atom. The third kappa shape index (κ3) is 2.94. The lowest BCUT2D eigenvalue weighted by Gasteiger charge is -2.40. The molecule has 2 aliphatic rings. The first-order valence-corrected chi connectivity index (χ1v) is 6.51. The fraction of sp³-hybridized carbons (Fsp3) is 0.500. The van der Waals surface area contributed by atoms with Gasteiger partial charge in [0.2, 0.25) is 5.79 Å². The van der Waals surface area contributed by atoms with Crippen molar-refractivity contribution in [1.82, 2.24) is 0 Å². The van der Waals surface area contributed by atoms with Gasteiger partial charge in [-0.25, -0.2) is 0 Å². The summed E-state index contributed by atoms with van der Waals surface area (Å²) in [6.07, 6.45) is 14.1. The maximum Gasteiger partial charge on any atom is 0.237 e. The molecule has 0 amide bonds. The SMILES string of the molecule is CC1=CC=CCC1(OC1=CCC=C1)OC(C)(C)C. The zero-order chi connectivity index (χ0) is 13.2. The van der Waals surface area contributed by atoms with Gasteiger partial charge in [0.1, 0.15) is 5.76 Å². The topological polar surface area (TPSA) is 18.5 Å². The monoisotopic (exact) mass is 246 g/mol. The van der Waals surface area contributed by atoms with E-state index in [2.05, 4.69) is 58.1 Å². The fourth-order valence-corrected chi connectivity index (χ4v) is 2.19. The number of hydrogen-bond acceptors (Lipinski definition) is 2. The van der Waals surface area contributed by atoms with Gasteiger partial charge in [-0.15, -0.1) is 0 Å². The molecular weight excluding hydrogens is 224 g/mol. The van der Waals surface area contributed by atoms with Gasteiger partial charge in [0.25, 0.3) is 0 Å². The van der Waals surface area contributed by atoms with E-state index in [0.29, 0.717) is 0 Å². The van der Waals surface area contributed by atoms with E-state index in [9.17, 15) is 0 Å². The Morgan fingerprint density at radius 3 is 2.56 bits per heavy atom. The maximum absolute atomic E-state index is 6.22. The molecule has 0 aromatic carbocycles. The van der Waals surface area contributed by atoms with Gasteiger partial charge in [-0.1, -0.05) is 24.3 Å². The molecule has 2 aliphatic carbocycles. The van der Waals surface area contributed by atoms with Crippen LogP contribution in [-0.4, -0.2) is 11.4 Å². The molecular formula is C16H22O2. The normalized spacial score (nSPS) is 27.1. The molecule has 1 unspecified atom stereocenters. The number of ether oxygens (including phenoxy) is 2. The van der Waals surface area contributed by atoms with Crippen molar-refractivity contribution in [3.05, 3.63) is 47.8 Å². The molecule has 0 heterocycles. The van der Waals surface area contributed by atoms with Gasteiger partial charge < -0.3 is 9.47 Å². The van der Waals surface area contributed by atoms with Crippen LogP contribution in [0.2, 0.25) is 0 Å². The summed E-state index contributed by atoms with van der Waals surface area (Å²) in [5.74, 6) is 0.246. The van der Waals surface area contributed by atoms with Crippen LogP contribution in [0.25, 0.3) is 0 Å². The van der Waals surface area contributed by atoms with E-state index in [0.717, 1.165) is 24.2 Å². The molecule has 0 N–H and O–H groups in total. The van der Waals surface area contributed by atoms with Crippen LogP contribution < -0.4 is 0 Å². The van der Waals surface area contributed by atoms with E-state index in [-0.39, 0.29) is 5.60 Å². The largest absolute Gasteiger partial charge is 0.458 e. The molecule has 0 aromatic heterocycles. The van der Waals surface area contributed by atoms with Crippen LogP contribution in [-0.2, 0) is 9.47 Å². The summed E-state index contributed by atoms with van der Waals surface area (Å²) in [6, 6.07) is 0. The van der Waals surface area contributed by atoms with Crippen molar-refractivity contribution in [3.63, 3.8) is 0 Å². The second-order valence-electron chi connectivity index (χ2n) is 5.80. The van der Waals surface area contributed by atoms with E-state index in [4.69, 9.17) is 9.47 Å². The lowest BCUT2D eigenvalue weighted by atomic mass is 9.97. The van der Waals surface area contributed by atoms with Crippen LogP contribution in [0.15, 0.2) is 47.8 Å². The van der Waals surface area contributed by atoms with E-state index in [1.165, 1.54) is 0 Å². The minimum absolute atomic E-state index is 0.247. The molecule has 0 saturated heterocycles. The maximum atomic E-state index is 6.22. The Kier molecular flexibility index (Phi) is 3.49. The Labute approximate surface area is 110 Å². The molecule has 0 saturated carbocycles. The summed E-state index contributed by atoms with van der Waals surface area (Å²) in [6.45, 7) is 8.24. The van der Waals surface area contributed by atoms with Crippen molar-refractivity contribution in [3.8, 4) is 0 Å². The van der Waals surface area contributed by atoms with E-state index in [1.807, 2.05) is 6.08 Å². The predicted octanol–water partition coefficient (Wildman–Crippen LogP) is 4.26. The van der Waals surface area contributed by atoms with Crippen molar-refractivity contribution in [2.75, 3.05) is 0 Å². The molecule has 0 bridgehead atoms. The van der Waals surface area contributed by atoms with Gasteiger partial charge >= 0.3 is 0 Å². The minimum atomic E-state index is -0.659. The van der Waals surface area contributed by atoms with Crippen LogP contribution in [0, 0.1) is 0 Å². The molecule has 2 heteroatoms. The molecule has 2 rings (SSSR count). The Balaban J connectivity index is 2.25. The van der Waals surface area contributed by atoms with Gasteiger partial charge in [-0.2, -0.15) is 0 Å². The van der Waals surface area contributed by atoms with Crippen molar-refractivity contribution in [2.24, 2.45) is 0 Å². The first kappa shape index (κ1) is 13.2. The number of rotatable bonds is 3. The molecule has 1 atom stereocenters. The van der Waals surface area contributed by atoms with Crippen molar-refractivity contribution in [1.29, 1.82) is 0 Å². The molecule has 2 nitrogen and oxygen atoms in total. The predicted molar refractivity (Wildman–Crippen MR) is 74.0 cm³/mol. The van der Waals surface area contributed by atoms with Crippen LogP contribution in [0.3, 0.4) is 0 Å². The smallest absolute Gasteiger partial charge is 0.237 e. The van der Waals surface area contributed by atoms with Crippen molar-refractivity contribution >= 4 is 0 Å². The first-order valence-electron chi connectivity index (χ1n) is 6.51. The summed E-state index contributed by atoms with van der Waals surface area (Å²) >= 11 is 0. The molecule has 98 valence electrons. The first-order chi connectivity index (χ1) is 8.41. The van der Waals surface area contributed by atoms with Gasteiger partial charge in [0.15, 0.2) is 0 Å². The number of hydrogen-bond donors (Lipinski definition) is 0. The Bertz CT molecular complexity index is 433. The van der Waals surface area contributed by atoms with Gasteiger partial charge in [0.05, 0.1) is 5.60 Å². The van der Waals surface area contributed by atoms with Crippen molar-refractivity contribution in [2.45, 2.75) is 51.9 Å². The molecule has 18 heavy (non-hydrogen) atoms. The zero-order valence-corrected chi connectivity index (χ0v) is 11.7. The van der Waals surface area contributed by atoms with Crippen LogP contribution >= 0.6 is 0 Å².